The smallest absolute Gasteiger partial charge is 0.259 e. The van der Waals surface area contributed by atoms with Crippen molar-refractivity contribution in [2.75, 3.05) is 23.3 Å². The van der Waals surface area contributed by atoms with Crippen LogP contribution in [0.1, 0.15) is 28.9 Å². The van der Waals surface area contributed by atoms with Crippen LogP contribution in [0.5, 0.6) is 0 Å². The topological polar surface area (TPSA) is 75.9 Å². The van der Waals surface area contributed by atoms with Gasteiger partial charge < -0.3 is 10.2 Å². The normalized spacial score (nSPS) is 13.3. The fourth-order valence-electron chi connectivity index (χ4n) is 3.98. The van der Waals surface area contributed by atoms with Crippen LogP contribution in [0.4, 0.5) is 11.5 Å². The number of benzene rings is 2. The monoisotopic (exact) mass is 424 g/mol. The number of hydrogen-bond acceptors (Lipinski definition) is 5. The number of carbonyl (C=O) groups excluding carboxylic acids is 1. The Labute approximate surface area is 186 Å². The van der Waals surface area contributed by atoms with Crippen molar-refractivity contribution in [2.24, 2.45) is 0 Å². The summed E-state index contributed by atoms with van der Waals surface area (Å²) in [6, 6.07) is 21.4. The highest BCUT2D eigenvalue weighted by Gasteiger charge is 2.16. The lowest BCUT2D eigenvalue weighted by Gasteiger charge is -2.15. The molecule has 3 heterocycles. The molecule has 7 nitrogen and oxygen atoms in total. The number of para-hydroxylation sites is 1. The van der Waals surface area contributed by atoms with Gasteiger partial charge >= 0.3 is 0 Å². The largest absolute Gasteiger partial charge is 0.355 e. The molecule has 2 aromatic heterocycles. The number of amides is 1. The second kappa shape index (κ2) is 8.63. The zero-order valence-corrected chi connectivity index (χ0v) is 17.9. The first kappa shape index (κ1) is 19.9. The summed E-state index contributed by atoms with van der Waals surface area (Å²) < 4.78 is 1.77. The minimum absolute atomic E-state index is 0.188. The highest BCUT2D eigenvalue weighted by atomic mass is 16.1. The molecule has 1 saturated heterocycles. The lowest BCUT2D eigenvalue weighted by atomic mass is 10.1. The van der Waals surface area contributed by atoms with Crippen LogP contribution in [0.2, 0.25) is 0 Å². The fraction of sp³-hybridized carbons (Fsp3) is 0.200. The molecule has 1 fully saturated rings. The maximum absolute atomic E-state index is 12.8. The Morgan fingerprint density at radius 2 is 1.66 bits per heavy atom. The molecule has 160 valence electrons. The van der Waals surface area contributed by atoms with E-state index in [-0.39, 0.29) is 5.91 Å². The molecule has 32 heavy (non-hydrogen) atoms. The fourth-order valence-corrected chi connectivity index (χ4v) is 3.98. The van der Waals surface area contributed by atoms with Crippen molar-refractivity contribution in [2.45, 2.75) is 19.8 Å². The number of hydrogen-bond donors (Lipinski definition) is 1. The molecule has 1 aliphatic rings. The van der Waals surface area contributed by atoms with Gasteiger partial charge in [0.1, 0.15) is 0 Å². The van der Waals surface area contributed by atoms with Gasteiger partial charge in [-0.25, -0.2) is 4.68 Å². The van der Waals surface area contributed by atoms with E-state index in [9.17, 15) is 4.79 Å². The third kappa shape index (κ3) is 3.97. The van der Waals surface area contributed by atoms with E-state index in [2.05, 4.69) is 25.5 Å². The van der Waals surface area contributed by atoms with Gasteiger partial charge in [-0.15, -0.1) is 10.2 Å². The zero-order valence-electron chi connectivity index (χ0n) is 17.9. The van der Waals surface area contributed by atoms with E-state index < -0.39 is 0 Å². The van der Waals surface area contributed by atoms with E-state index in [1.54, 1.807) is 10.9 Å². The van der Waals surface area contributed by atoms with Gasteiger partial charge in [0, 0.05) is 24.3 Å². The number of nitrogens with one attached hydrogen (secondary N) is 1. The molecule has 0 aliphatic carbocycles. The summed E-state index contributed by atoms with van der Waals surface area (Å²) in [4.78, 5) is 15.1. The average molecular weight is 425 g/mol. The number of nitrogens with zero attached hydrogens (tertiary/aromatic N) is 5. The molecule has 0 spiro atoms. The Morgan fingerprint density at radius 3 is 2.34 bits per heavy atom. The maximum Gasteiger partial charge on any atom is 0.259 e. The predicted molar refractivity (Wildman–Crippen MR) is 125 cm³/mol. The van der Waals surface area contributed by atoms with E-state index >= 15 is 0 Å². The lowest BCUT2D eigenvalue weighted by Crippen LogP contribution is -2.19. The summed E-state index contributed by atoms with van der Waals surface area (Å²) in [6.07, 6.45) is 4.02. The Hall–Kier alpha value is -4.00. The second-order valence-corrected chi connectivity index (χ2v) is 7.89. The lowest BCUT2D eigenvalue weighted by molar-refractivity contribution is 0.102. The molecule has 5 rings (SSSR count). The van der Waals surface area contributed by atoms with Gasteiger partial charge in [-0.2, -0.15) is 5.10 Å². The number of carbonyl (C=O) groups is 1. The molecular formula is C25H24N6O. The summed E-state index contributed by atoms with van der Waals surface area (Å²) >= 11 is 0. The molecule has 1 amide bonds. The highest BCUT2D eigenvalue weighted by Crippen LogP contribution is 2.23. The first-order valence-corrected chi connectivity index (χ1v) is 10.8. The molecule has 0 radical (unpaired) electrons. The molecule has 2 aromatic carbocycles. The van der Waals surface area contributed by atoms with Crippen LogP contribution >= 0.6 is 0 Å². The Bertz CT molecular complexity index is 1210. The predicted octanol–water partition coefficient (Wildman–Crippen LogP) is 4.49. The molecule has 7 heteroatoms. The molecule has 0 saturated carbocycles. The second-order valence-electron chi connectivity index (χ2n) is 7.89. The zero-order chi connectivity index (χ0) is 21.9. The van der Waals surface area contributed by atoms with Crippen LogP contribution in [0.3, 0.4) is 0 Å². The third-order valence-electron chi connectivity index (χ3n) is 5.77. The van der Waals surface area contributed by atoms with Crippen molar-refractivity contribution in [1.29, 1.82) is 0 Å². The van der Waals surface area contributed by atoms with Crippen LogP contribution in [-0.4, -0.2) is 39.0 Å². The molecule has 1 N–H and O–H groups in total. The van der Waals surface area contributed by atoms with Crippen LogP contribution in [0.25, 0.3) is 16.9 Å². The Balaban J connectivity index is 1.28. The van der Waals surface area contributed by atoms with Gasteiger partial charge in [0.25, 0.3) is 5.91 Å². The first-order chi connectivity index (χ1) is 15.7. The Kier molecular flexibility index (Phi) is 5.37. The SMILES string of the molecule is Cc1c(C(=O)Nc2ccc(-c3ccc(N4CCCC4)nn3)cc2)cnn1-c1ccccc1. The van der Waals surface area contributed by atoms with E-state index in [0.717, 1.165) is 41.5 Å². The summed E-state index contributed by atoms with van der Waals surface area (Å²) in [5.41, 5.74) is 4.74. The van der Waals surface area contributed by atoms with Gasteiger partial charge in [0.05, 0.1) is 28.8 Å². The van der Waals surface area contributed by atoms with Gasteiger partial charge in [0.15, 0.2) is 5.82 Å². The number of aromatic nitrogens is 4. The minimum Gasteiger partial charge on any atom is -0.355 e. The van der Waals surface area contributed by atoms with Gasteiger partial charge in [-0.1, -0.05) is 30.3 Å². The summed E-state index contributed by atoms with van der Waals surface area (Å²) in [5, 5.41) is 16.1. The van der Waals surface area contributed by atoms with E-state index in [1.807, 2.05) is 73.7 Å². The summed E-state index contributed by atoms with van der Waals surface area (Å²) in [7, 11) is 0. The van der Waals surface area contributed by atoms with Crippen LogP contribution in [0.15, 0.2) is 72.9 Å². The van der Waals surface area contributed by atoms with Crippen LogP contribution < -0.4 is 10.2 Å². The molecule has 4 aromatic rings. The minimum atomic E-state index is -0.188. The van der Waals surface area contributed by atoms with E-state index in [1.165, 1.54) is 12.8 Å². The molecule has 0 atom stereocenters. The van der Waals surface area contributed by atoms with Crippen LogP contribution in [-0.2, 0) is 0 Å². The number of rotatable bonds is 5. The summed E-state index contributed by atoms with van der Waals surface area (Å²) in [5.74, 6) is 0.744. The van der Waals surface area contributed by atoms with Crippen molar-refractivity contribution in [3.05, 3.63) is 84.2 Å². The molecule has 0 bridgehead atoms. The van der Waals surface area contributed by atoms with E-state index in [4.69, 9.17) is 0 Å². The van der Waals surface area contributed by atoms with Crippen molar-refractivity contribution < 1.29 is 4.79 Å². The quantitative estimate of drug-likeness (QED) is 0.511. The number of anilines is 2. The van der Waals surface area contributed by atoms with Crippen LogP contribution in [0, 0.1) is 6.92 Å². The van der Waals surface area contributed by atoms with E-state index in [0.29, 0.717) is 11.3 Å². The maximum atomic E-state index is 12.8. The average Bonchev–Trinajstić information content (AvgIpc) is 3.50. The van der Waals surface area contributed by atoms with Crippen molar-refractivity contribution in [3.63, 3.8) is 0 Å². The first-order valence-electron chi connectivity index (χ1n) is 10.8. The van der Waals surface area contributed by atoms with Crippen molar-refractivity contribution >= 4 is 17.4 Å². The molecule has 1 aliphatic heterocycles. The van der Waals surface area contributed by atoms with Crippen molar-refractivity contribution in [3.8, 4) is 16.9 Å². The van der Waals surface area contributed by atoms with Gasteiger partial charge in [0.2, 0.25) is 0 Å². The standard InChI is InChI=1S/C25H24N6O/c1-18-22(17-26-31(18)21-7-3-2-4-8-21)25(32)27-20-11-9-19(10-12-20)23-13-14-24(29-28-23)30-15-5-6-16-30/h2-4,7-14,17H,5-6,15-16H2,1H3,(H,27,32). The third-order valence-corrected chi connectivity index (χ3v) is 5.77. The van der Waals surface area contributed by atoms with Gasteiger partial charge in [-0.3, -0.25) is 4.79 Å². The summed E-state index contributed by atoms with van der Waals surface area (Å²) in [6.45, 7) is 3.99. The Morgan fingerprint density at radius 1 is 0.906 bits per heavy atom. The molecular weight excluding hydrogens is 400 g/mol. The van der Waals surface area contributed by atoms with Gasteiger partial charge in [-0.05, 0) is 56.2 Å². The molecule has 0 unspecified atom stereocenters. The van der Waals surface area contributed by atoms with Crippen molar-refractivity contribution in [1.82, 2.24) is 20.0 Å². The highest BCUT2D eigenvalue weighted by molar-refractivity contribution is 6.05.